The normalized spacial score (nSPS) is 14.1. The molecule has 2 aromatic carbocycles. The highest BCUT2D eigenvalue weighted by Crippen LogP contribution is 2.49. The van der Waals surface area contributed by atoms with Crippen molar-refractivity contribution in [1.82, 2.24) is 0 Å². The molecular weight excluding hydrogens is 307 g/mol. The van der Waals surface area contributed by atoms with Gasteiger partial charge in [-0.1, -0.05) is 66.6 Å². The zero-order valence-corrected chi connectivity index (χ0v) is 13.7. The van der Waals surface area contributed by atoms with Crippen molar-refractivity contribution in [2.45, 2.75) is 26.1 Å². The molecule has 23 heavy (non-hydrogen) atoms. The standard InChI is InChI=1S/C19H19O3P/c20-23(14-13-17-11-12-17,21-15-18-7-3-1-4-8-18)22-16-19-9-5-2-6-10-19/h1-10,17H,11-12,15-16H2. The van der Waals surface area contributed by atoms with Gasteiger partial charge in [0.15, 0.2) is 0 Å². The highest BCUT2D eigenvalue weighted by atomic mass is 31.2. The molecule has 1 aliphatic carbocycles. The van der Waals surface area contributed by atoms with Crippen LogP contribution in [0.25, 0.3) is 0 Å². The first-order chi connectivity index (χ1) is 11.2. The Labute approximate surface area is 137 Å². The van der Waals surface area contributed by atoms with E-state index >= 15 is 0 Å². The maximum atomic E-state index is 12.9. The third-order valence-corrected chi connectivity index (χ3v) is 4.81. The van der Waals surface area contributed by atoms with Crippen LogP contribution in [-0.4, -0.2) is 0 Å². The van der Waals surface area contributed by atoms with Crippen molar-refractivity contribution in [3.8, 4) is 11.6 Å². The molecule has 3 nitrogen and oxygen atoms in total. The second-order valence-corrected chi connectivity index (χ2v) is 7.28. The van der Waals surface area contributed by atoms with Gasteiger partial charge in [-0.2, -0.15) is 0 Å². The molecule has 1 fully saturated rings. The second-order valence-electron chi connectivity index (χ2n) is 5.55. The Kier molecular flexibility index (Phi) is 5.31. The van der Waals surface area contributed by atoms with Crippen molar-refractivity contribution >= 4 is 7.60 Å². The summed E-state index contributed by atoms with van der Waals surface area (Å²) in [5.74, 6) is 3.36. The average Bonchev–Trinajstić information content (AvgIpc) is 3.43. The summed E-state index contributed by atoms with van der Waals surface area (Å²) in [6.07, 6.45) is 2.15. The molecule has 0 saturated heterocycles. The van der Waals surface area contributed by atoms with Gasteiger partial charge in [0.1, 0.15) is 0 Å². The lowest BCUT2D eigenvalue weighted by Gasteiger charge is -2.13. The van der Waals surface area contributed by atoms with Crippen LogP contribution in [0.1, 0.15) is 24.0 Å². The molecule has 0 bridgehead atoms. The molecule has 0 aliphatic heterocycles. The van der Waals surface area contributed by atoms with E-state index in [1.54, 1.807) is 0 Å². The van der Waals surface area contributed by atoms with Crippen LogP contribution in [0.3, 0.4) is 0 Å². The SMILES string of the molecule is O=P(C#CC1CC1)(OCc1ccccc1)OCc1ccccc1. The van der Waals surface area contributed by atoms with Gasteiger partial charge >= 0.3 is 7.60 Å². The Morgan fingerprint density at radius 1 is 0.870 bits per heavy atom. The van der Waals surface area contributed by atoms with Crippen LogP contribution < -0.4 is 0 Å². The van der Waals surface area contributed by atoms with Gasteiger partial charge in [0, 0.05) is 11.6 Å². The van der Waals surface area contributed by atoms with Gasteiger partial charge in [-0.3, -0.25) is 9.05 Å². The van der Waals surface area contributed by atoms with Crippen LogP contribution in [0.5, 0.6) is 0 Å². The first-order valence-corrected chi connectivity index (χ1v) is 9.27. The fraction of sp³-hybridized carbons (Fsp3) is 0.263. The summed E-state index contributed by atoms with van der Waals surface area (Å²) in [7, 11) is -3.43. The highest BCUT2D eigenvalue weighted by molar-refractivity contribution is 7.59. The fourth-order valence-electron chi connectivity index (χ4n) is 1.97. The Balaban J connectivity index is 1.66. The van der Waals surface area contributed by atoms with Gasteiger partial charge < -0.3 is 0 Å². The molecule has 1 saturated carbocycles. The van der Waals surface area contributed by atoms with Crippen LogP contribution in [-0.2, 0) is 26.8 Å². The Hall–Kier alpha value is -1.85. The summed E-state index contributed by atoms with van der Waals surface area (Å²) in [6, 6.07) is 19.3. The molecule has 118 valence electrons. The van der Waals surface area contributed by atoms with E-state index in [4.69, 9.17) is 9.05 Å². The fourth-order valence-corrected chi connectivity index (χ4v) is 3.15. The number of hydrogen-bond acceptors (Lipinski definition) is 3. The van der Waals surface area contributed by atoms with Gasteiger partial charge in [0.2, 0.25) is 0 Å². The van der Waals surface area contributed by atoms with Crippen molar-refractivity contribution in [2.75, 3.05) is 0 Å². The van der Waals surface area contributed by atoms with Crippen LogP contribution in [0.15, 0.2) is 60.7 Å². The van der Waals surface area contributed by atoms with Crippen molar-refractivity contribution < 1.29 is 13.6 Å². The van der Waals surface area contributed by atoms with Gasteiger partial charge in [0.05, 0.1) is 13.2 Å². The van der Waals surface area contributed by atoms with E-state index in [1.165, 1.54) is 0 Å². The summed E-state index contributed by atoms with van der Waals surface area (Å²) in [6.45, 7) is 0.457. The lowest BCUT2D eigenvalue weighted by atomic mass is 10.2. The molecule has 1 aliphatic rings. The molecule has 2 aromatic rings. The van der Waals surface area contributed by atoms with Crippen molar-refractivity contribution in [1.29, 1.82) is 0 Å². The minimum absolute atomic E-state index is 0.228. The van der Waals surface area contributed by atoms with Crippen LogP contribution in [0.4, 0.5) is 0 Å². The number of rotatable bonds is 6. The predicted molar refractivity (Wildman–Crippen MR) is 90.6 cm³/mol. The smallest absolute Gasteiger partial charge is 0.294 e. The van der Waals surface area contributed by atoms with E-state index in [0.29, 0.717) is 5.92 Å². The van der Waals surface area contributed by atoms with E-state index in [-0.39, 0.29) is 13.2 Å². The Bertz CT molecular complexity index is 680. The minimum Gasteiger partial charge on any atom is -0.294 e. The first kappa shape index (κ1) is 16.0. The van der Waals surface area contributed by atoms with E-state index in [2.05, 4.69) is 11.6 Å². The molecule has 0 atom stereocenters. The van der Waals surface area contributed by atoms with Gasteiger partial charge in [0.25, 0.3) is 0 Å². The maximum Gasteiger partial charge on any atom is 0.406 e. The third kappa shape index (κ3) is 5.37. The molecule has 0 aromatic heterocycles. The lowest BCUT2D eigenvalue weighted by Crippen LogP contribution is -1.96. The third-order valence-electron chi connectivity index (χ3n) is 3.47. The molecule has 0 unspecified atom stereocenters. The van der Waals surface area contributed by atoms with E-state index in [0.717, 1.165) is 24.0 Å². The zero-order valence-electron chi connectivity index (χ0n) is 12.9. The van der Waals surface area contributed by atoms with Crippen molar-refractivity contribution in [3.05, 3.63) is 71.8 Å². The summed E-state index contributed by atoms with van der Waals surface area (Å²) < 4.78 is 24.0. The topological polar surface area (TPSA) is 35.5 Å². The van der Waals surface area contributed by atoms with Gasteiger partial charge in [-0.25, -0.2) is 4.57 Å². The largest absolute Gasteiger partial charge is 0.406 e. The molecule has 0 spiro atoms. The molecule has 0 N–H and O–H groups in total. The summed E-state index contributed by atoms with van der Waals surface area (Å²) in [5, 5.41) is 0. The molecule has 0 heterocycles. The quantitative estimate of drug-likeness (QED) is 0.554. The second kappa shape index (κ2) is 7.62. The monoisotopic (exact) mass is 326 g/mol. The Morgan fingerprint density at radius 3 is 1.78 bits per heavy atom. The molecule has 0 amide bonds. The maximum absolute atomic E-state index is 12.9. The summed E-state index contributed by atoms with van der Waals surface area (Å²) in [5.41, 5.74) is 4.66. The first-order valence-electron chi connectivity index (χ1n) is 7.73. The number of hydrogen-bond donors (Lipinski definition) is 0. The molecular formula is C19H19O3P. The van der Waals surface area contributed by atoms with Crippen LogP contribution in [0.2, 0.25) is 0 Å². The van der Waals surface area contributed by atoms with Crippen LogP contribution >= 0.6 is 7.60 Å². The zero-order chi connectivity index (χ0) is 16.0. The van der Waals surface area contributed by atoms with E-state index in [9.17, 15) is 4.57 Å². The van der Waals surface area contributed by atoms with Gasteiger partial charge in [-0.05, 0) is 24.0 Å². The van der Waals surface area contributed by atoms with Gasteiger partial charge in [-0.15, -0.1) is 0 Å². The average molecular weight is 326 g/mol. The summed E-state index contributed by atoms with van der Waals surface area (Å²) >= 11 is 0. The van der Waals surface area contributed by atoms with Crippen molar-refractivity contribution in [2.24, 2.45) is 5.92 Å². The van der Waals surface area contributed by atoms with Crippen molar-refractivity contribution in [3.63, 3.8) is 0 Å². The number of benzene rings is 2. The Morgan fingerprint density at radius 2 is 1.35 bits per heavy atom. The van der Waals surface area contributed by atoms with E-state index < -0.39 is 7.60 Å². The highest BCUT2D eigenvalue weighted by Gasteiger charge is 2.25. The molecule has 0 radical (unpaired) electrons. The molecule has 4 heteroatoms. The molecule has 3 rings (SSSR count). The lowest BCUT2D eigenvalue weighted by molar-refractivity contribution is 0.201. The summed E-state index contributed by atoms with van der Waals surface area (Å²) in [4.78, 5) is 0. The van der Waals surface area contributed by atoms with E-state index in [1.807, 2.05) is 60.7 Å². The minimum atomic E-state index is -3.43. The predicted octanol–water partition coefficient (Wildman–Crippen LogP) is 4.98. The van der Waals surface area contributed by atoms with Crippen LogP contribution in [0, 0.1) is 17.5 Å².